The molecule has 0 aromatic rings. The van der Waals surface area contributed by atoms with Crippen molar-refractivity contribution in [1.29, 1.82) is 0 Å². The Hall–Kier alpha value is 0.514. The maximum absolute atomic E-state index is 8.25. The molecule has 114 valence electrons. The molecule has 0 aliphatic carbocycles. The first-order valence-electron chi connectivity index (χ1n) is 6.20. The summed E-state index contributed by atoms with van der Waals surface area (Å²) in [6.45, 7) is 25.0. The molecule has 0 aromatic carbocycles. The molecule has 1 nitrogen and oxygen atoms in total. The second-order valence-electron chi connectivity index (χ2n) is 6.00. The van der Waals surface area contributed by atoms with Crippen LogP contribution in [0.15, 0.2) is 0 Å². The molecular weight excluding hydrogens is 256 g/mol. The monoisotopic (exact) mass is 292 g/mol. The molecule has 0 amide bonds. The van der Waals surface area contributed by atoms with Crippen molar-refractivity contribution in [2.24, 2.45) is 0 Å². The third-order valence-electron chi connectivity index (χ3n) is 0. The molecule has 0 rings (SSSR count). The van der Waals surface area contributed by atoms with Gasteiger partial charge in [0.25, 0.3) is 0 Å². The molecule has 0 atom stereocenters. The molecule has 0 aliphatic heterocycles. The SMILES string of the molecule is C[C-](C)C.C[C-](C)C.C[C-](C)C.C[C-](C)C.[O]=[Ti]. The van der Waals surface area contributed by atoms with E-state index in [2.05, 4.69) is 83.1 Å². The Labute approximate surface area is 130 Å². The first kappa shape index (κ1) is 31.1. The second kappa shape index (κ2) is 30.5. The number of hydrogen-bond acceptors (Lipinski definition) is 1. The van der Waals surface area contributed by atoms with Crippen LogP contribution in [0, 0.1) is 23.7 Å². The van der Waals surface area contributed by atoms with Crippen LogP contribution >= 0.6 is 0 Å². The molecule has 0 heterocycles. The second-order valence-corrected chi connectivity index (χ2v) is 6.00. The third kappa shape index (κ3) is 15000. The van der Waals surface area contributed by atoms with Crippen LogP contribution in [-0.4, -0.2) is 0 Å². The summed E-state index contributed by atoms with van der Waals surface area (Å²) < 4.78 is 8.25. The van der Waals surface area contributed by atoms with E-state index >= 15 is 0 Å². The van der Waals surface area contributed by atoms with Crippen LogP contribution in [0.2, 0.25) is 0 Å². The minimum atomic E-state index is 0.750. The van der Waals surface area contributed by atoms with E-state index in [1.165, 1.54) is 23.7 Å². The average molecular weight is 292 g/mol. The van der Waals surface area contributed by atoms with Crippen molar-refractivity contribution in [2.75, 3.05) is 0 Å². The summed E-state index contributed by atoms with van der Waals surface area (Å²) >= 11 is 0.750. The topological polar surface area (TPSA) is 17.1 Å². The summed E-state index contributed by atoms with van der Waals surface area (Å²) in [6.07, 6.45) is 0. The Morgan fingerprint density at radius 2 is 0.389 bits per heavy atom. The van der Waals surface area contributed by atoms with Gasteiger partial charge in [-0.15, -0.1) is 0 Å². The van der Waals surface area contributed by atoms with Gasteiger partial charge >= 0.3 is 23.7 Å². The van der Waals surface area contributed by atoms with Crippen LogP contribution in [0.3, 0.4) is 0 Å². The molecule has 2 heteroatoms. The molecule has 0 bridgehead atoms. The van der Waals surface area contributed by atoms with Gasteiger partial charge in [0.15, 0.2) is 0 Å². The Balaban J connectivity index is -0.0000000399. The van der Waals surface area contributed by atoms with E-state index in [-0.39, 0.29) is 0 Å². The number of hydrogen-bond donors (Lipinski definition) is 0. The normalized spacial score (nSPS) is 8.17. The van der Waals surface area contributed by atoms with Crippen LogP contribution in [0.1, 0.15) is 83.1 Å². The van der Waals surface area contributed by atoms with E-state index in [0.717, 1.165) is 20.4 Å². The van der Waals surface area contributed by atoms with E-state index in [9.17, 15) is 0 Å². The first-order chi connectivity index (χ1) is 7.93. The van der Waals surface area contributed by atoms with Gasteiger partial charge in [-0.1, -0.05) is 0 Å². The zero-order chi connectivity index (χ0) is 16.3. The minimum absolute atomic E-state index is 0.750. The summed E-state index contributed by atoms with van der Waals surface area (Å²) in [7, 11) is 0. The van der Waals surface area contributed by atoms with Crippen LogP contribution in [-0.2, 0) is 23.7 Å². The Morgan fingerprint density at radius 1 is 0.389 bits per heavy atom. The molecule has 0 radical (unpaired) electrons. The van der Waals surface area contributed by atoms with E-state index in [1.54, 1.807) is 0 Å². The van der Waals surface area contributed by atoms with Gasteiger partial charge < -0.3 is 23.7 Å². The number of rotatable bonds is 0. The van der Waals surface area contributed by atoms with Crippen molar-refractivity contribution >= 4 is 0 Å². The summed E-state index contributed by atoms with van der Waals surface area (Å²) in [6, 6.07) is 0. The van der Waals surface area contributed by atoms with Crippen molar-refractivity contribution < 1.29 is 23.7 Å². The Kier molecular flexibility index (Phi) is 52.7. The van der Waals surface area contributed by atoms with Crippen molar-refractivity contribution in [2.45, 2.75) is 83.1 Å². The molecule has 0 aliphatic rings. The van der Waals surface area contributed by atoms with Gasteiger partial charge in [-0.2, -0.15) is 83.1 Å². The predicted molar refractivity (Wildman–Crippen MR) is 81.7 cm³/mol. The van der Waals surface area contributed by atoms with Crippen LogP contribution in [0.25, 0.3) is 0 Å². The van der Waals surface area contributed by atoms with Crippen LogP contribution in [0.4, 0.5) is 0 Å². The van der Waals surface area contributed by atoms with Crippen LogP contribution < -0.4 is 0 Å². The molecule has 0 saturated carbocycles. The van der Waals surface area contributed by atoms with Crippen molar-refractivity contribution in [3.8, 4) is 0 Å². The van der Waals surface area contributed by atoms with Gasteiger partial charge in [0.2, 0.25) is 0 Å². The van der Waals surface area contributed by atoms with E-state index in [4.69, 9.17) is 3.32 Å². The first-order valence-corrected chi connectivity index (χ1v) is 6.84. The molecule has 18 heavy (non-hydrogen) atoms. The fraction of sp³-hybridized carbons (Fsp3) is 0.750. The fourth-order valence-corrected chi connectivity index (χ4v) is 0. The van der Waals surface area contributed by atoms with Crippen molar-refractivity contribution in [3.63, 3.8) is 0 Å². The third-order valence-corrected chi connectivity index (χ3v) is 0. The molecule has 0 unspecified atom stereocenters. The molecule has 0 fully saturated rings. The van der Waals surface area contributed by atoms with Gasteiger partial charge in [0.1, 0.15) is 0 Å². The van der Waals surface area contributed by atoms with E-state index in [1.807, 2.05) is 0 Å². The Bertz CT molecular complexity index is 64.3. The van der Waals surface area contributed by atoms with Gasteiger partial charge in [-0.05, 0) is 0 Å². The van der Waals surface area contributed by atoms with Crippen molar-refractivity contribution in [3.05, 3.63) is 23.7 Å². The summed E-state index contributed by atoms with van der Waals surface area (Å²) in [5.41, 5.74) is 0. The quantitative estimate of drug-likeness (QED) is 0.375. The van der Waals surface area contributed by atoms with Gasteiger partial charge in [-0.25, -0.2) is 0 Å². The van der Waals surface area contributed by atoms with Gasteiger partial charge in [0, 0.05) is 0 Å². The van der Waals surface area contributed by atoms with Crippen molar-refractivity contribution in [1.82, 2.24) is 0 Å². The predicted octanol–water partition coefficient (Wildman–Crippen LogP) is 6.36. The molecule has 0 saturated heterocycles. The average Bonchev–Trinajstić information content (AvgIpc) is 2.01. The van der Waals surface area contributed by atoms with Gasteiger partial charge in [-0.3, -0.25) is 0 Å². The van der Waals surface area contributed by atoms with E-state index in [0.29, 0.717) is 0 Å². The molecule has 0 aromatic heterocycles. The van der Waals surface area contributed by atoms with Gasteiger partial charge in [0.05, 0.1) is 0 Å². The zero-order valence-corrected chi connectivity index (χ0v) is 16.5. The van der Waals surface area contributed by atoms with Crippen LogP contribution in [0.5, 0.6) is 0 Å². The van der Waals surface area contributed by atoms with E-state index < -0.39 is 0 Å². The molecule has 0 spiro atoms. The Morgan fingerprint density at radius 3 is 0.389 bits per heavy atom. The standard InChI is InChI=1S/4C4H9.O.Ti/c4*1-4(2)3;;/h4*1-3H3;;/q4*-1;;. The molecular formula is C16H36OTi-4. The zero-order valence-electron chi connectivity index (χ0n) is 14.9. The fourth-order valence-electron chi connectivity index (χ4n) is 0. The molecule has 0 N–H and O–H groups in total. The summed E-state index contributed by atoms with van der Waals surface area (Å²) in [5, 5.41) is 0. The summed E-state index contributed by atoms with van der Waals surface area (Å²) in [4.78, 5) is 0. The summed E-state index contributed by atoms with van der Waals surface area (Å²) in [5.74, 6) is 5.67. The maximum atomic E-state index is 8.25.